The molecular formula is C18H17FN2O2. The SMILES string of the molecule is O=C(Nc1ccccc1F)[C@@H]1CCCN1C(=O)c1ccccc1. The van der Waals surface area contributed by atoms with Crippen LogP contribution in [-0.2, 0) is 4.79 Å². The van der Waals surface area contributed by atoms with E-state index in [9.17, 15) is 14.0 Å². The molecular weight excluding hydrogens is 295 g/mol. The summed E-state index contributed by atoms with van der Waals surface area (Å²) in [5.41, 5.74) is 0.689. The summed E-state index contributed by atoms with van der Waals surface area (Å²) in [4.78, 5) is 26.6. The van der Waals surface area contributed by atoms with Crippen molar-refractivity contribution in [2.24, 2.45) is 0 Å². The van der Waals surface area contributed by atoms with Gasteiger partial charge in [0.15, 0.2) is 0 Å². The summed E-state index contributed by atoms with van der Waals surface area (Å²) in [6, 6.07) is 14.3. The first-order valence-corrected chi connectivity index (χ1v) is 7.58. The maximum atomic E-state index is 13.7. The molecule has 3 rings (SSSR count). The van der Waals surface area contributed by atoms with E-state index >= 15 is 0 Å². The summed E-state index contributed by atoms with van der Waals surface area (Å²) in [6.45, 7) is 0.531. The molecule has 0 aromatic heterocycles. The summed E-state index contributed by atoms with van der Waals surface area (Å²) < 4.78 is 13.7. The van der Waals surface area contributed by atoms with Crippen LogP contribution < -0.4 is 5.32 Å². The molecule has 5 heteroatoms. The van der Waals surface area contributed by atoms with Crippen molar-refractivity contribution in [1.82, 2.24) is 4.90 Å². The molecule has 1 atom stereocenters. The molecule has 0 spiro atoms. The quantitative estimate of drug-likeness (QED) is 0.947. The average molecular weight is 312 g/mol. The van der Waals surface area contributed by atoms with Crippen LogP contribution in [0.4, 0.5) is 10.1 Å². The molecule has 0 bridgehead atoms. The van der Waals surface area contributed by atoms with Crippen LogP contribution in [-0.4, -0.2) is 29.3 Å². The Morgan fingerprint density at radius 2 is 1.74 bits per heavy atom. The van der Waals surface area contributed by atoms with E-state index in [0.29, 0.717) is 18.5 Å². The molecule has 0 saturated carbocycles. The van der Waals surface area contributed by atoms with Gasteiger partial charge in [0, 0.05) is 12.1 Å². The lowest BCUT2D eigenvalue weighted by atomic mass is 10.1. The van der Waals surface area contributed by atoms with Gasteiger partial charge in [0.05, 0.1) is 5.69 Å². The largest absolute Gasteiger partial charge is 0.327 e. The lowest BCUT2D eigenvalue weighted by Crippen LogP contribution is -2.43. The molecule has 1 heterocycles. The number of benzene rings is 2. The van der Waals surface area contributed by atoms with Gasteiger partial charge in [-0.3, -0.25) is 9.59 Å². The number of amides is 2. The number of carbonyl (C=O) groups is 2. The number of para-hydroxylation sites is 1. The Bertz CT molecular complexity index is 718. The predicted octanol–water partition coefficient (Wildman–Crippen LogP) is 3.07. The number of nitrogens with one attached hydrogen (secondary N) is 1. The van der Waals surface area contributed by atoms with E-state index in [1.54, 1.807) is 41.3 Å². The van der Waals surface area contributed by atoms with E-state index in [1.165, 1.54) is 12.1 Å². The number of anilines is 1. The summed E-state index contributed by atoms with van der Waals surface area (Å²) >= 11 is 0. The highest BCUT2D eigenvalue weighted by Gasteiger charge is 2.34. The topological polar surface area (TPSA) is 49.4 Å². The minimum atomic E-state index is -0.567. The highest BCUT2D eigenvalue weighted by atomic mass is 19.1. The summed E-state index contributed by atoms with van der Waals surface area (Å²) in [5, 5.41) is 2.58. The number of hydrogen-bond acceptors (Lipinski definition) is 2. The summed E-state index contributed by atoms with van der Waals surface area (Å²) in [6.07, 6.45) is 1.34. The summed E-state index contributed by atoms with van der Waals surface area (Å²) in [7, 11) is 0. The lowest BCUT2D eigenvalue weighted by molar-refractivity contribution is -0.119. The van der Waals surface area contributed by atoms with Crippen molar-refractivity contribution in [2.75, 3.05) is 11.9 Å². The lowest BCUT2D eigenvalue weighted by Gasteiger charge is -2.24. The van der Waals surface area contributed by atoms with E-state index in [2.05, 4.69) is 5.32 Å². The van der Waals surface area contributed by atoms with Crippen molar-refractivity contribution >= 4 is 17.5 Å². The molecule has 1 N–H and O–H groups in total. The number of nitrogens with zero attached hydrogens (tertiary/aromatic N) is 1. The molecule has 2 aromatic carbocycles. The van der Waals surface area contributed by atoms with Gasteiger partial charge < -0.3 is 10.2 Å². The molecule has 0 radical (unpaired) electrons. The number of rotatable bonds is 3. The molecule has 118 valence electrons. The Morgan fingerprint density at radius 1 is 1.04 bits per heavy atom. The monoisotopic (exact) mass is 312 g/mol. The van der Waals surface area contributed by atoms with Crippen molar-refractivity contribution in [3.05, 3.63) is 66.0 Å². The van der Waals surface area contributed by atoms with Gasteiger partial charge in [-0.25, -0.2) is 4.39 Å². The molecule has 1 saturated heterocycles. The van der Waals surface area contributed by atoms with Crippen molar-refractivity contribution in [3.8, 4) is 0 Å². The van der Waals surface area contributed by atoms with Crippen molar-refractivity contribution in [2.45, 2.75) is 18.9 Å². The van der Waals surface area contributed by atoms with Crippen LogP contribution in [0.15, 0.2) is 54.6 Å². The van der Waals surface area contributed by atoms with E-state index < -0.39 is 11.9 Å². The van der Waals surface area contributed by atoms with Gasteiger partial charge in [0.1, 0.15) is 11.9 Å². The van der Waals surface area contributed by atoms with Gasteiger partial charge in [-0.1, -0.05) is 30.3 Å². The third-order valence-corrected chi connectivity index (χ3v) is 3.97. The highest BCUT2D eigenvalue weighted by Crippen LogP contribution is 2.22. The first-order valence-electron chi connectivity index (χ1n) is 7.58. The molecule has 0 unspecified atom stereocenters. The minimum Gasteiger partial charge on any atom is -0.327 e. The Kier molecular flexibility index (Phi) is 4.37. The molecule has 0 aliphatic carbocycles. The second kappa shape index (κ2) is 6.60. The molecule has 23 heavy (non-hydrogen) atoms. The number of hydrogen-bond donors (Lipinski definition) is 1. The first-order chi connectivity index (χ1) is 11.2. The average Bonchev–Trinajstić information content (AvgIpc) is 3.07. The summed E-state index contributed by atoms with van der Waals surface area (Å²) in [5.74, 6) is -1.01. The Hall–Kier alpha value is -2.69. The second-order valence-corrected chi connectivity index (χ2v) is 5.49. The smallest absolute Gasteiger partial charge is 0.254 e. The van der Waals surface area contributed by atoms with Crippen LogP contribution in [0, 0.1) is 5.82 Å². The first kappa shape index (κ1) is 15.2. The zero-order valence-corrected chi connectivity index (χ0v) is 12.5. The fourth-order valence-corrected chi connectivity index (χ4v) is 2.81. The van der Waals surface area contributed by atoms with Crippen LogP contribution in [0.2, 0.25) is 0 Å². The Balaban J connectivity index is 1.75. The van der Waals surface area contributed by atoms with E-state index in [4.69, 9.17) is 0 Å². The maximum absolute atomic E-state index is 13.7. The van der Waals surface area contributed by atoms with Gasteiger partial charge in [-0.2, -0.15) is 0 Å². The minimum absolute atomic E-state index is 0.136. The normalized spacial score (nSPS) is 17.1. The molecule has 2 amide bonds. The standard InChI is InChI=1S/C18H17FN2O2/c19-14-9-4-5-10-15(14)20-17(22)16-11-6-12-21(16)18(23)13-7-2-1-3-8-13/h1-5,7-10,16H,6,11-12H2,(H,20,22)/t16-/m0/s1. The zero-order valence-electron chi connectivity index (χ0n) is 12.5. The molecule has 2 aromatic rings. The highest BCUT2D eigenvalue weighted by molar-refractivity contribution is 6.01. The second-order valence-electron chi connectivity index (χ2n) is 5.49. The Morgan fingerprint density at radius 3 is 2.48 bits per heavy atom. The van der Waals surface area contributed by atoms with Gasteiger partial charge >= 0.3 is 0 Å². The molecule has 4 nitrogen and oxygen atoms in total. The van der Waals surface area contributed by atoms with Crippen molar-refractivity contribution in [3.63, 3.8) is 0 Å². The van der Waals surface area contributed by atoms with E-state index in [0.717, 1.165) is 6.42 Å². The Labute approximate surface area is 133 Å². The van der Waals surface area contributed by atoms with Crippen LogP contribution in [0.25, 0.3) is 0 Å². The third-order valence-electron chi connectivity index (χ3n) is 3.97. The maximum Gasteiger partial charge on any atom is 0.254 e. The van der Waals surface area contributed by atoms with E-state index in [-0.39, 0.29) is 17.5 Å². The van der Waals surface area contributed by atoms with Crippen LogP contribution in [0.3, 0.4) is 0 Å². The van der Waals surface area contributed by atoms with Gasteiger partial charge in [0.2, 0.25) is 5.91 Å². The van der Waals surface area contributed by atoms with Gasteiger partial charge in [0.25, 0.3) is 5.91 Å². The fraction of sp³-hybridized carbons (Fsp3) is 0.222. The molecule has 1 fully saturated rings. The van der Waals surface area contributed by atoms with Crippen LogP contribution >= 0.6 is 0 Å². The van der Waals surface area contributed by atoms with Gasteiger partial charge in [-0.05, 0) is 37.1 Å². The fourth-order valence-electron chi connectivity index (χ4n) is 2.81. The molecule has 1 aliphatic rings. The van der Waals surface area contributed by atoms with E-state index in [1.807, 2.05) is 6.07 Å². The number of carbonyl (C=O) groups excluding carboxylic acids is 2. The van der Waals surface area contributed by atoms with Crippen LogP contribution in [0.1, 0.15) is 23.2 Å². The van der Waals surface area contributed by atoms with Crippen LogP contribution in [0.5, 0.6) is 0 Å². The predicted molar refractivity (Wildman–Crippen MR) is 85.5 cm³/mol. The number of halogens is 1. The van der Waals surface area contributed by atoms with Crippen molar-refractivity contribution < 1.29 is 14.0 Å². The third kappa shape index (κ3) is 3.23. The number of likely N-dealkylation sites (tertiary alicyclic amines) is 1. The molecule has 1 aliphatic heterocycles. The van der Waals surface area contributed by atoms with Gasteiger partial charge in [-0.15, -0.1) is 0 Å². The van der Waals surface area contributed by atoms with Crippen molar-refractivity contribution in [1.29, 1.82) is 0 Å². The zero-order chi connectivity index (χ0) is 16.2.